The zero-order valence-corrected chi connectivity index (χ0v) is 12.7. The molecule has 0 radical (unpaired) electrons. The van der Waals surface area contributed by atoms with E-state index in [9.17, 15) is 10.1 Å². The molecule has 2 rings (SSSR count). The zero-order valence-electron chi connectivity index (χ0n) is 11.1. The molecule has 0 aliphatic heterocycles. The molecule has 104 valence electrons. The molecule has 0 saturated heterocycles. The van der Waals surface area contributed by atoms with Gasteiger partial charge in [-0.1, -0.05) is 15.9 Å². The van der Waals surface area contributed by atoms with Crippen molar-refractivity contribution >= 4 is 27.3 Å². The van der Waals surface area contributed by atoms with E-state index in [2.05, 4.69) is 40.2 Å². The van der Waals surface area contributed by atoms with E-state index in [0.29, 0.717) is 11.7 Å². The third kappa shape index (κ3) is 3.67. The first-order valence-electron chi connectivity index (χ1n) is 6.33. The number of hydrogen-bond acceptors (Lipinski definition) is 4. The molecule has 1 atom stereocenters. The van der Waals surface area contributed by atoms with Gasteiger partial charge in [-0.3, -0.25) is 10.1 Å². The van der Waals surface area contributed by atoms with E-state index in [0.717, 1.165) is 16.9 Å². The molecule has 0 aromatic heterocycles. The highest BCUT2D eigenvalue weighted by Crippen LogP contribution is 2.35. The lowest BCUT2D eigenvalue weighted by Crippen LogP contribution is -2.36. The lowest BCUT2D eigenvalue weighted by atomic mass is 10.1. The molecular weight excluding hydrogens is 310 g/mol. The van der Waals surface area contributed by atoms with Crippen LogP contribution in [0.1, 0.15) is 12.8 Å². The molecule has 1 saturated carbocycles. The first-order chi connectivity index (χ1) is 8.99. The van der Waals surface area contributed by atoms with Gasteiger partial charge in [-0.25, -0.2) is 0 Å². The molecule has 1 aliphatic rings. The topological polar surface area (TPSA) is 58.4 Å². The summed E-state index contributed by atoms with van der Waals surface area (Å²) in [5, 5.41) is 14.3. The summed E-state index contributed by atoms with van der Waals surface area (Å²) in [6.45, 7) is 0.736. The van der Waals surface area contributed by atoms with E-state index in [1.54, 1.807) is 6.07 Å². The van der Waals surface area contributed by atoms with Crippen molar-refractivity contribution in [2.45, 2.75) is 18.9 Å². The third-order valence-corrected chi connectivity index (χ3v) is 3.98. The quantitative estimate of drug-likeness (QED) is 0.644. The van der Waals surface area contributed by atoms with Gasteiger partial charge >= 0.3 is 0 Å². The number of nitrogens with zero attached hydrogens (tertiary/aromatic N) is 2. The van der Waals surface area contributed by atoms with Gasteiger partial charge in [-0.15, -0.1) is 0 Å². The van der Waals surface area contributed by atoms with Crippen molar-refractivity contribution in [3.05, 3.63) is 32.8 Å². The average molecular weight is 328 g/mol. The minimum Gasteiger partial charge on any atom is -0.378 e. The maximum Gasteiger partial charge on any atom is 0.293 e. The normalized spacial score (nSPS) is 16.4. The fourth-order valence-corrected chi connectivity index (χ4v) is 2.62. The van der Waals surface area contributed by atoms with Crippen LogP contribution in [-0.2, 0) is 0 Å². The molecule has 1 N–H and O–H groups in total. The third-order valence-electron chi connectivity index (χ3n) is 3.49. The fraction of sp³-hybridized carbons (Fsp3) is 0.538. The molecule has 0 bridgehead atoms. The highest BCUT2D eigenvalue weighted by molar-refractivity contribution is 9.10. The van der Waals surface area contributed by atoms with E-state index in [1.807, 2.05) is 6.07 Å². The van der Waals surface area contributed by atoms with Crippen LogP contribution in [0.2, 0.25) is 0 Å². The van der Waals surface area contributed by atoms with E-state index in [-0.39, 0.29) is 10.6 Å². The summed E-state index contributed by atoms with van der Waals surface area (Å²) in [5.41, 5.74) is 0.698. The second kappa shape index (κ2) is 5.88. The van der Waals surface area contributed by atoms with Gasteiger partial charge in [-0.05, 0) is 45.0 Å². The van der Waals surface area contributed by atoms with Crippen LogP contribution in [0.5, 0.6) is 0 Å². The Morgan fingerprint density at radius 3 is 2.74 bits per heavy atom. The number of rotatable bonds is 6. The largest absolute Gasteiger partial charge is 0.378 e. The Balaban J connectivity index is 2.08. The van der Waals surface area contributed by atoms with Crippen molar-refractivity contribution < 1.29 is 4.92 Å². The lowest BCUT2D eigenvalue weighted by molar-refractivity contribution is -0.384. The predicted molar refractivity (Wildman–Crippen MR) is 79.5 cm³/mol. The number of nitrogens with one attached hydrogen (secondary N) is 1. The number of hydrogen-bond donors (Lipinski definition) is 1. The summed E-state index contributed by atoms with van der Waals surface area (Å²) >= 11 is 3.26. The van der Waals surface area contributed by atoms with Crippen molar-refractivity contribution in [3.8, 4) is 0 Å². The summed E-state index contributed by atoms with van der Waals surface area (Å²) in [7, 11) is 4.11. The molecule has 6 heteroatoms. The van der Waals surface area contributed by atoms with Crippen LogP contribution in [0.4, 0.5) is 11.4 Å². The van der Waals surface area contributed by atoms with Gasteiger partial charge in [0, 0.05) is 23.1 Å². The number of benzene rings is 1. The van der Waals surface area contributed by atoms with Crippen molar-refractivity contribution in [1.29, 1.82) is 0 Å². The van der Waals surface area contributed by atoms with Gasteiger partial charge in [0.05, 0.1) is 4.92 Å². The Kier molecular flexibility index (Phi) is 4.42. The summed E-state index contributed by atoms with van der Waals surface area (Å²) < 4.78 is 0.719. The highest BCUT2D eigenvalue weighted by Gasteiger charge is 2.32. The van der Waals surface area contributed by atoms with Crippen LogP contribution in [0.15, 0.2) is 22.7 Å². The molecular formula is C13H18BrN3O2. The van der Waals surface area contributed by atoms with E-state index < -0.39 is 0 Å². The van der Waals surface area contributed by atoms with Gasteiger partial charge in [0.1, 0.15) is 5.69 Å². The summed E-state index contributed by atoms with van der Waals surface area (Å²) in [6.07, 6.45) is 2.51. The first kappa shape index (κ1) is 14.3. The molecule has 1 aromatic carbocycles. The van der Waals surface area contributed by atoms with Crippen LogP contribution in [-0.4, -0.2) is 36.5 Å². The van der Waals surface area contributed by atoms with E-state index in [1.165, 1.54) is 18.9 Å². The lowest BCUT2D eigenvalue weighted by Gasteiger charge is -2.24. The average Bonchev–Trinajstić information content (AvgIpc) is 3.14. The molecule has 1 unspecified atom stereocenters. The Bertz CT molecular complexity index is 473. The molecule has 19 heavy (non-hydrogen) atoms. The van der Waals surface area contributed by atoms with Crippen molar-refractivity contribution in [1.82, 2.24) is 4.90 Å². The van der Waals surface area contributed by atoms with Crippen molar-refractivity contribution in [2.75, 3.05) is 26.0 Å². The number of likely N-dealkylation sites (N-methyl/N-ethyl adjacent to an activating group) is 1. The Morgan fingerprint density at radius 1 is 1.53 bits per heavy atom. The predicted octanol–water partition coefficient (Wildman–Crippen LogP) is 3.11. The van der Waals surface area contributed by atoms with Gasteiger partial charge in [0.2, 0.25) is 0 Å². The SMILES string of the molecule is CN(C)C(CNc1ccc(Br)cc1[N+](=O)[O-])C1CC1. The van der Waals surface area contributed by atoms with E-state index in [4.69, 9.17) is 0 Å². The number of nitro groups is 1. The Hall–Kier alpha value is -1.14. The zero-order chi connectivity index (χ0) is 14.0. The standard InChI is InChI=1S/C13H18BrN3O2/c1-16(2)13(9-3-4-9)8-15-11-6-5-10(14)7-12(11)17(18)19/h5-7,9,13,15H,3-4,8H2,1-2H3. The summed E-state index contributed by atoms with van der Waals surface area (Å²) in [4.78, 5) is 12.9. The summed E-state index contributed by atoms with van der Waals surface area (Å²) in [6, 6.07) is 5.53. The van der Waals surface area contributed by atoms with Gasteiger partial charge in [0.15, 0.2) is 0 Å². The summed E-state index contributed by atoms with van der Waals surface area (Å²) in [5.74, 6) is 0.719. The van der Waals surface area contributed by atoms with E-state index >= 15 is 0 Å². The minimum atomic E-state index is -0.352. The smallest absolute Gasteiger partial charge is 0.293 e. The molecule has 0 spiro atoms. The molecule has 0 heterocycles. The number of halogens is 1. The maximum absolute atomic E-state index is 11.0. The molecule has 0 amide bonds. The second-order valence-electron chi connectivity index (χ2n) is 5.17. The number of anilines is 1. The fourth-order valence-electron chi connectivity index (χ4n) is 2.27. The number of nitro benzene ring substituents is 1. The molecule has 1 aromatic rings. The second-order valence-corrected chi connectivity index (χ2v) is 6.08. The monoisotopic (exact) mass is 327 g/mol. The minimum absolute atomic E-state index is 0.114. The van der Waals surface area contributed by atoms with Crippen LogP contribution < -0.4 is 5.32 Å². The Labute approximate surface area is 121 Å². The molecule has 5 nitrogen and oxygen atoms in total. The maximum atomic E-state index is 11.0. The van der Waals surface area contributed by atoms with Crippen molar-refractivity contribution in [2.24, 2.45) is 5.92 Å². The van der Waals surface area contributed by atoms with Gasteiger partial charge in [-0.2, -0.15) is 0 Å². The highest BCUT2D eigenvalue weighted by atomic mass is 79.9. The van der Waals surface area contributed by atoms with Crippen LogP contribution in [0, 0.1) is 16.0 Å². The Morgan fingerprint density at radius 2 is 2.21 bits per heavy atom. The van der Waals surface area contributed by atoms with Gasteiger partial charge < -0.3 is 10.2 Å². The first-order valence-corrected chi connectivity index (χ1v) is 7.12. The van der Waals surface area contributed by atoms with Gasteiger partial charge in [0.25, 0.3) is 5.69 Å². The van der Waals surface area contributed by atoms with Crippen LogP contribution in [0.25, 0.3) is 0 Å². The van der Waals surface area contributed by atoms with Crippen LogP contribution >= 0.6 is 15.9 Å². The molecule has 1 aliphatic carbocycles. The van der Waals surface area contributed by atoms with Crippen molar-refractivity contribution in [3.63, 3.8) is 0 Å². The van der Waals surface area contributed by atoms with Crippen LogP contribution in [0.3, 0.4) is 0 Å². The molecule has 1 fully saturated rings.